The number of para-hydroxylation sites is 1. The molecule has 2 heterocycles. The van der Waals surface area contributed by atoms with Gasteiger partial charge in [-0.1, -0.05) is 36.4 Å². The summed E-state index contributed by atoms with van der Waals surface area (Å²) in [5, 5.41) is 11.6. The highest BCUT2D eigenvalue weighted by atomic mass is 32.1. The van der Waals surface area contributed by atoms with E-state index >= 15 is 0 Å². The van der Waals surface area contributed by atoms with Crippen molar-refractivity contribution in [2.75, 3.05) is 11.4 Å². The van der Waals surface area contributed by atoms with Gasteiger partial charge < -0.3 is 0 Å². The molecule has 0 spiro atoms. The van der Waals surface area contributed by atoms with E-state index in [0.29, 0.717) is 15.9 Å². The van der Waals surface area contributed by atoms with E-state index in [1.807, 2.05) is 43.5 Å². The third-order valence-electron chi connectivity index (χ3n) is 5.28. The summed E-state index contributed by atoms with van der Waals surface area (Å²) in [5.74, 6) is -0.348. The lowest BCUT2D eigenvalue weighted by Crippen LogP contribution is -2.37. The van der Waals surface area contributed by atoms with Crippen LogP contribution in [0.5, 0.6) is 0 Å². The van der Waals surface area contributed by atoms with Gasteiger partial charge in [-0.15, -0.1) is 11.3 Å². The Kier molecular flexibility index (Phi) is 5.65. The first-order chi connectivity index (χ1) is 15.0. The van der Waals surface area contributed by atoms with Crippen molar-refractivity contribution in [1.29, 1.82) is 5.26 Å². The largest absolute Gasteiger partial charge is 0.297 e. The highest BCUT2D eigenvalue weighted by Gasteiger charge is 2.19. The molecule has 0 aliphatic rings. The maximum atomic E-state index is 13.3. The molecule has 0 aliphatic heterocycles. The van der Waals surface area contributed by atoms with E-state index in [0.717, 1.165) is 16.7 Å². The number of amides is 1. The van der Waals surface area contributed by atoms with Crippen LogP contribution in [0.3, 0.4) is 0 Å². The monoisotopic (exact) mass is 428 g/mol. The fourth-order valence-corrected chi connectivity index (χ4v) is 4.34. The predicted molar refractivity (Wildman–Crippen MR) is 123 cm³/mol. The van der Waals surface area contributed by atoms with Crippen molar-refractivity contribution >= 4 is 33.1 Å². The molecule has 0 N–H and O–H groups in total. The van der Waals surface area contributed by atoms with Crippen LogP contribution in [0, 0.1) is 25.2 Å². The molecule has 0 atom stereocenters. The number of fused-ring (bicyclic) bond motifs is 1. The molecule has 0 bridgehead atoms. The van der Waals surface area contributed by atoms with E-state index in [9.17, 15) is 9.59 Å². The van der Waals surface area contributed by atoms with Crippen LogP contribution in [0.4, 0.5) is 5.69 Å². The van der Waals surface area contributed by atoms with Crippen molar-refractivity contribution in [1.82, 2.24) is 9.55 Å². The molecule has 0 saturated heterocycles. The molecule has 6 nitrogen and oxygen atoms in total. The van der Waals surface area contributed by atoms with Crippen LogP contribution in [-0.4, -0.2) is 22.0 Å². The van der Waals surface area contributed by atoms with Crippen LogP contribution in [0.2, 0.25) is 0 Å². The zero-order chi connectivity index (χ0) is 22.0. The van der Waals surface area contributed by atoms with Crippen LogP contribution in [0.25, 0.3) is 21.3 Å². The third kappa shape index (κ3) is 3.98. The van der Waals surface area contributed by atoms with Gasteiger partial charge in [-0.25, -0.2) is 4.98 Å². The summed E-state index contributed by atoms with van der Waals surface area (Å²) >= 11 is 1.41. The predicted octanol–water partition coefficient (Wildman–Crippen LogP) is 4.30. The highest BCUT2D eigenvalue weighted by Crippen LogP contribution is 2.31. The molecular formula is C24H20N4O2S. The Balaban J connectivity index is 1.73. The molecule has 0 aliphatic carbocycles. The van der Waals surface area contributed by atoms with Crippen molar-refractivity contribution in [2.24, 2.45) is 0 Å². The average Bonchev–Trinajstić information content (AvgIpc) is 3.21. The Hall–Kier alpha value is -3.76. The second-order valence-corrected chi connectivity index (χ2v) is 8.14. The number of nitriles is 1. The molecule has 4 aromatic rings. The first-order valence-electron chi connectivity index (χ1n) is 9.76. The first-order valence-corrected chi connectivity index (χ1v) is 10.6. The van der Waals surface area contributed by atoms with Gasteiger partial charge in [0.15, 0.2) is 0 Å². The molecule has 2 aromatic carbocycles. The topological polar surface area (TPSA) is 79.0 Å². The lowest BCUT2D eigenvalue weighted by molar-refractivity contribution is -0.119. The smallest absolute Gasteiger partial charge is 0.263 e. The van der Waals surface area contributed by atoms with E-state index < -0.39 is 0 Å². The van der Waals surface area contributed by atoms with Crippen LogP contribution >= 0.6 is 11.3 Å². The van der Waals surface area contributed by atoms with Gasteiger partial charge in [-0.3, -0.25) is 19.1 Å². The highest BCUT2D eigenvalue weighted by molar-refractivity contribution is 7.17. The molecule has 2 aromatic heterocycles. The second-order valence-electron chi connectivity index (χ2n) is 7.28. The number of rotatable bonds is 5. The molecule has 154 valence electrons. The number of hydrogen-bond donors (Lipinski definition) is 0. The maximum Gasteiger partial charge on any atom is 0.263 e. The summed E-state index contributed by atoms with van der Waals surface area (Å²) in [7, 11) is 0. The fraction of sp³-hybridized carbons (Fsp3) is 0.167. The quantitative estimate of drug-likeness (QED) is 0.444. The Morgan fingerprint density at radius 2 is 1.94 bits per heavy atom. The number of thiophene rings is 1. The van der Waals surface area contributed by atoms with Crippen molar-refractivity contribution in [3.8, 4) is 17.2 Å². The van der Waals surface area contributed by atoms with Gasteiger partial charge in [0.05, 0.1) is 17.8 Å². The van der Waals surface area contributed by atoms with Crippen LogP contribution in [-0.2, 0) is 11.3 Å². The molecular weight excluding hydrogens is 408 g/mol. The molecule has 4 rings (SSSR count). The van der Waals surface area contributed by atoms with Gasteiger partial charge in [0.25, 0.3) is 5.56 Å². The van der Waals surface area contributed by atoms with E-state index in [-0.39, 0.29) is 24.6 Å². The maximum absolute atomic E-state index is 13.3. The van der Waals surface area contributed by atoms with Crippen LogP contribution in [0.1, 0.15) is 11.1 Å². The second kappa shape index (κ2) is 8.54. The number of hydrogen-bond acceptors (Lipinski definition) is 5. The van der Waals surface area contributed by atoms with E-state index in [1.165, 1.54) is 32.7 Å². The summed E-state index contributed by atoms with van der Waals surface area (Å²) in [6.07, 6.45) is 1.40. The number of anilines is 1. The number of aryl methyl sites for hydroxylation is 2. The Labute approximate surface area is 183 Å². The van der Waals surface area contributed by atoms with Gasteiger partial charge in [0.1, 0.15) is 17.9 Å². The number of nitrogens with zero attached hydrogens (tertiary/aromatic N) is 4. The van der Waals surface area contributed by atoms with Gasteiger partial charge in [-0.2, -0.15) is 5.26 Å². The van der Waals surface area contributed by atoms with Crippen LogP contribution < -0.4 is 10.5 Å². The normalized spacial score (nSPS) is 10.7. The minimum Gasteiger partial charge on any atom is -0.297 e. The summed E-state index contributed by atoms with van der Waals surface area (Å²) in [6, 6.07) is 17.1. The standard InChI is InChI=1S/C24H20N4O2S/c1-16-8-9-18(12-17(16)2)20-14-31-23-22(20)24(30)27(15-26-23)13-21(29)28(11-10-25)19-6-4-3-5-7-19/h3-9,12,14-15H,11,13H2,1-2H3. The Morgan fingerprint density at radius 3 is 2.65 bits per heavy atom. The lowest BCUT2D eigenvalue weighted by atomic mass is 10.0. The van der Waals surface area contributed by atoms with Crippen molar-refractivity contribution in [3.63, 3.8) is 0 Å². The number of benzene rings is 2. The van der Waals surface area contributed by atoms with Gasteiger partial charge >= 0.3 is 0 Å². The minimum absolute atomic E-state index is 0.0976. The summed E-state index contributed by atoms with van der Waals surface area (Å²) in [5.41, 5.74) is 4.45. The zero-order valence-corrected chi connectivity index (χ0v) is 18.0. The van der Waals surface area contributed by atoms with Gasteiger partial charge in [0, 0.05) is 16.6 Å². The zero-order valence-electron chi connectivity index (χ0n) is 17.2. The summed E-state index contributed by atoms with van der Waals surface area (Å²) in [4.78, 5) is 32.7. The average molecular weight is 429 g/mol. The number of carbonyl (C=O) groups is 1. The molecule has 7 heteroatoms. The van der Waals surface area contributed by atoms with Gasteiger partial charge in [-0.05, 0) is 42.7 Å². The SMILES string of the molecule is Cc1ccc(-c2csc3ncn(CC(=O)N(CC#N)c4ccccc4)c(=O)c23)cc1C. The number of carbonyl (C=O) groups excluding carboxylic acids is 1. The summed E-state index contributed by atoms with van der Waals surface area (Å²) < 4.78 is 1.31. The Bertz CT molecular complexity index is 1370. The molecule has 0 radical (unpaired) electrons. The molecule has 1 amide bonds. The van der Waals surface area contributed by atoms with Crippen molar-refractivity contribution < 1.29 is 4.79 Å². The summed E-state index contributed by atoms with van der Waals surface area (Å²) in [6.45, 7) is 3.79. The van der Waals surface area contributed by atoms with Crippen molar-refractivity contribution in [3.05, 3.63) is 81.7 Å². The van der Waals surface area contributed by atoms with E-state index in [1.54, 1.807) is 24.3 Å². The molecule has 0 unspecified atom stereocenters. The Morgan fingerprint density at radius 1 is 1.16 bits per heavy atom. The first kappa shape index (κ1) is 20.5. The van der Waals surface area contributed by atoms with Crippen molar-refractivity contribution in [2.45, 2.75) is 20.4 Å². The van der Waals surface area contributed by atoms with Gasteiger partial charge in [0.2, 0.25) is 5.91 Å². The lowest BCUT2D eigenvalue weighted by Gasteiger charge is -2.20. The number of aromatic nitrogens is 2. The fourth-order valence-electron chi connectivity index (χ4n) is 3.43. The van der Waals surface area contributed by atoms with E-state index in [4.69, 9.17) is 5.26 Å². The van der Waals surface area contributed by atoms with Crippen LogP contribution in [0.15, 0.2) is 65.0 Å². The molecule has 0 saturated carbocycles. The molecule has 31 heavy (non-hydrogen) atoms. The minimum atomic E-state index is -0.348. The van der Waals surface area contributed by atoms with E-state index in [2.05, 4.69) is 11.1 Å². The molecule has 0 fully saturated rings. The third-order valence-corrected chi connectivity index (χ3v) is 6.17.